The van der Waals surface area contributed by atoms with E-state index in [1.54, 1.807) is 6.92 Å². The standard InChI is InChI=1S/C10H10FNO2/c1-6-3-8(5-13)10(9(11)4-6)12-7(2)14/h3-5H,1-2H3,(H,12,14). The molecule has 0 saturated heterocycles. The number of amides is 1. The van der Waals surface area contributed by atoms with Gasteiger partial charge in [0.25, 0.3) is 0 Å². The van der Waals surface area contributed by atoms with Crippen molar-refractivity contribution in [2.24, 2.45) is 0 Å². The van der Waals surface area contributed by atoms with Crippen LogP contribution in [-0.2, 0) is 4.79 Å². The summed E-state index contributed by atoms with van der Waals surface area (Å²) in [7, 11) is 0. The number of hydrogen-bond donors (Lipinski definition) is 1. The normalized spacial score (nSPS) is 9.64. The summed E-state index contributed by atoms with van der Waals surface area (Å²) in [5, 5.41) is 2.27. The number of aryl methyl sites for hydroxylation is 1. The van der Waals surface area contributed by atoms with Crippen LogP contribution in [0.25, 0.3) is 0 Å². The molecule has 4 heteroatoms. The summed E-state index contributed by atoms with van der Waals surface area (Å²) >= 11 is 0. The Balaban J connectivity index is 3.24. The summed E-state index contributed by atoms with van der Waals surface area (Å²) in [6.07, 6.45) is 0.515. The highest BCUT2D eigenvalue weighted by atomic mass is 19.1. The van der Waals surface area contributed by atoms with E-state index in [4.69, 9.17) is 0 Å². The molecule has 0 heterocycles. The first kappa shape index (κ1) is 10.4. The molecule has 0 radical (unpaired) electrons. The molecule has 14 heavy (non-hydrogen) atoms. The number of carbonyl (C=O) groups excluding carboxylic acids is 2. The molecule has 0 fully saturated rings. The minimum Gasteiger partial charge on any atom is -0.323 e. The van der Waals surface area contributed by atoms with Crippen LogP contribution >= 0.6 is 0 Å². The number of rotatable bonds is 2. The fraction of sp³-hybridized carbons (Fsp3) is 0.200. The van der Waals surface area contributed by atoms with Gasteiger partial charge in [-0.3, -0.25) is 9.59 Å². The van der Waals surface area contributed by atoms with Gasteiger partial charge in [-0.15, -0.1) is 0 Å². The molecule has 1 N–H and O–H groups in total. The summed E-state index contributed by atoms with van der Waals surface area (Å²) in [5.41, 5.74) is 0.731. The van der Waals surface area contributed by atoms with Crippen molar-refractivity contribution >= 4 is 17.9 Å². The summed E-state index contributed by atoms with van der Waals surface area (Å²) in [6, 6.07) is 2.78. The largest absolute Gasteiger partial charge is 0.323 e. The molecule has 0 aliphatic heterocycles. The first-order valence-electron chi connectivity index (χ1n) is 4.07. The van der Waals surface area contributed by atoms with Crippen LogP contribution in [-0.4, -0.2) is 12.2 Å². The number of hydrogen-bond acceptors (Lipinski definition) is 2. The highest BCUT2D eigenvalue weighted by Crippen LogP contribution is 2.20. The topological polar surface area (TPSA) is 46.2 Å². The third-order valence-electron chi connectivity index (χ3n) is 1.69. The van der Waals surface area contributed by atoms with Crippen LogP contribution in [0, 0.1) is 12.7 Å². The first-order valence-corrected chi connectivity index (χ1v) is 4.07. The molecule has 0 bridgehead atoms. The number of anilines is 1. The predicted octanol–water partition coefficient (Wildman–Crippen LogP) is 1.91. The first-order chi connectivity index (χ1) is 6.54. The van der Waals surface area contributed by atoms with Crippen LogP contribution in [0.5, 0.6) is 0 Å². The molecule has 1 aromatic rings. The van der Waals surface area contributed by atoms with Crippen LogP contribution < -0.4 is 5.32 Å². The average molecular weight is 195 g/mol. The molecule has 0 aliphatic carbocycles. The van der Waals surface area contributed by atoms with E-state index < -0.39 is 11.7 Å². The van der Waals surface area contributed by atoms with E-state index in [1.165, 1.54) is 19.1 Å². The zero-order valence-electron chi connectivity index (χ0n) is 7.93. The minimum atomic E-state index is -0.595. The lowest BCUT2D eigenvalue weighted by molar-refractivity contribution is -0.114. The summed E-state index contributed by atoms with van der Waals surface area (Å²) in [4.78, 5) is 21.3. The summed E-state index contributed by atoms with van der Waals surface area (Å²) < 4.78 is 13.3. The van der Waals surface area contributed by atoms with E-state index in [9.17, 15) is 14.0 Å². The Morgan fingerprint density at radius 3 is 2.64 bits per heavy atom. The number of nitrogens with one attached hydrogen (secondary N) is 1. The van der Waals surface area contributed by atoms with Gasteiger partial charge in [0, 0.05) is 12.5 Å². The Morgan fingerprint density at radius 2 is 2.14 bits per heavy atom. The summed E-state index contributed by atoms with van der Waals surface area (Å²) in [5.74, 6) is -1.00. The van der Waals surface area contributed by atoms with Gasteiger partial charge in [0.2, 0.25) is 5.91 Å². The Kier molecular flexibility index (Phi) is 2.96. The van der Waals surface area contributed by atoms with Crippen LogP contribution in [0.1, 0.15) is 22.8 Å². The summed E-state index contributed by atoms with van der Waals surface area (Å²) in [6.45, 7) is 2.93. The van der Waals surface area contributed by atoms with Crippen LogP contribution in [0.3, 0.4) is 0 Å². The van der Waals surface area contributed by atoms with E-state index in [2.05, 4.69) is 5.32 Å². The van der Waals surface area contributed by atoms with E-state index in [-0.39, 0.29) is 11.3 Å². The molecule has 74 valence electrons. The fourth-order valence-corrected chi connectivity index (χ4v) is 1.17. The number of benzene rings is 1. The van der Waals surface area contributed by atoms with Crippen molar-refractivity contribution < 1.29 is 14.0 Å². The Hall–Kier alpha value is -1.71. The van der Waals surface area contributed by atoms with E-state index in [1.807, 2.05) is 0 Å². The highest BCUT2D eigenvalue weighted by Gasteiger charge is 2.10. The maximum absolute atomic E-state index is 13.3. The van der Waals surface area contributed by atoms with Gasteiger partial charge in [0.1, 0.15) is 5.82 Å². The molecule has 0 saturated carbocycles. The lowest BCUT2D eigenvalue weighted by Gasteiger charge is -2.07. The van der Waals surface area contributed by atoms with Crippen LogP contribution in [0.15, 0.2) is 12.1 Å². The van der Waals surface area contributed by atoms with Crippen molar-refractivity contribution in [1.29, 1.82) is 0 Å². The average Bonchev–Trinajstić information content (AvgIpc) is 2.08. The van der Waals surface area contributed by atoms with Crippen molar-refractivity contribution in [3.8, 4) is 0 Å². The molecule has 0 atom stereocenters. The Labute approximate surface area is 80.9 Å². The van der Waals surface area contributed by atoms with Crippen molar-refractivity contribution in [3.63, 3.8) is 0 Å². The van der Waals surface area contributed by atoms with Gasteiger partial charge in [-0.05, 0) is 24.6 Å². The molecule has 1 rings (SSSR count). The molecule has 0 aliphatic rings. The van der Waals surface area contributed by atoms with Crippen molar-refractivity contribution in [2.75, 3.05) is 5.32 Å². The second-order valence-corrected chi connectivity index (χ2v) is 3.01. The van der Waals surface area contributed by atoms with E-state index in [0.717, 1.165) is 0 Å². The van der Waals surface area contributed by atoms with Gasteiger partial charge < -0.3 is 5.32 Å². The van der Waals surface area contributed by atoms with Crippen molar-refractivity contribution in [3.05, 3.63) is 29.1 Å². The molecular weight excluding hydrogens is 185 g/mol. The zero-order valence-corrected chi connectivity index (χ0v) is 7.93. The van der Waals surface area contributed by atoms with E-state index >= 15 is 0 Å². The molecule has 0 aromatic heterocycles. The van der Waals surface area contributed by atoms with Gasteiger partial charge in [0.15, 0.2) is 6.29 Å². The van der Waals surface area contributed by atoms with Gasteiger partial charge in [-0.25, -0.2) is 4.39 Å². The number of aldehydes is 1. The predicted molar refractivity (Wildman–Crippen MR) is 50.8 cm³/mol. The third kappa shape index (κ3) is 2.16. The zero-order chi connectivity index (χ0) is 10.7. The van der Waals surface area contributed by atoms with Crippen molar-refractivity contribution in [1.82, 2.24) is 0 Å². The van der Waals surface area contributed by atoms with E-state index in [0.29, 0.717) is 11.8 Å². The quantitative estimate of drug-likeness (QED) is 0.732. The monoisotopic (exact) mass is 195 g/mol. The molecule has 0 spiro atoms. The maximum Gasteiger partial charge on any atom is 0.221 e. The number of halogens is 1. The molecule has 0 unspecified atom stereocenters. The molecule has 1 aromatic carbocycles. The molecule has 1 amide bonds. The smallest absolute Gasteiger partial charge is 0.221 e. The highest BCUT2D eigenvalue weighted by molar-refractivity contribution is 5.95. The Bertz CT molecular complexity index is 388. The number of carbonyl (C=O) groups is 2. The van der Waals surface area contributed by atoms with Crippen molar-refractivity contribution in [2.45, 2.75) is 13.8 Å². The van der Waals surface area contributed by atoms with Crippen LogP contribution in [0.2, 0.25) is 0 Å². The van der Waals surface area contributed by atoms with Gasteiger partial charge in [-0.1, -0.05) is 0 Å². The maximum atomic E-state index is 13.3. The minimum absolute atomic E-state index is 0.0573. The second-order valence-electron chi connectivity index (χ2n) is 3.01. The van der Waals surface area contributed by atoms with Crippen LogP contribution in [0.4, 0.5) is 10.1 Å². The van der Waals surface area contributed by atoms with Gasteiger partial charge in [0.05, 0.1) is 5.69 Å². The Morgan fingerprint density at radius 1 is 1.50 bits per heavy atom. The lowest BCUT2D eigenvalue weighted by atomic mass is 10.1. The SMILES string of the molecule is CC(=O)Nc1c(F)cc(C)cc1C=O. The van der Waals surface area contributed by atoms with Gasteiger partial charge >= 0.3 is 0 Å². The fourth-order valence-electron chi connectivity index (χ4n) is 1.17. The molecule has 3 nitrogen and oxygen atoms in total. The van der Waals surface area contributed by atoms with Gasteiger partial charge in [-0.2, -0.15) is 0 Å². The second kappa shape index (κ2) is 4.00. The third-order valence-corrected chi connectivity index (χ3v) is 1.69. The lowest BCUT2D eigenvalue weighted by Crippen LogP contribution is -2.10. The molecular formula is C10H10FNO2.